The van der Waals surface area contributed by atoms with Crippen molar-refractivity contribution in [3.63, 3.8) is 0 Å². The number of hydrogen-bond donors (Lipinski definition) is 0. The van der Waals surface area contributed by atoms with Crippen molar-refractivity contribution in [1.29, 1.82) is 0 Å². The van der Waals surface area contributed by atoms with Crippen LogP contribution >= 0.6 is 0 Å². The molecule has 0 N–H and O–H groups in total. The van der Waals surface area contributed by atoms with Gasteiger partial charge in [0.1, 0.15) is 16.7 Å². The number of carbonyl (C=O) groups excluding carboxylic acids is 2. The number of benzene rings is 3. The maximum absolute atomic E-state index is 13.9. The highest BCUT2D eigenvalue weighted by Gasteiger charge is 2.59. The highest BCUT2D eigenvalue weighted by Crippen LogP contribution is 2.59. The SMILES string of the molecule is Cc1ccc([S+](c2ccc(C)cc2)c2ccc(C)cc2OC(=O)C23CC4CC(C2)C(=O)C(C4)C3)cc1. The first-order valence-electron chi connectivity index (χ1n) is 13.1. The summed E-state index contributed by atoms with van der Waals surface area (Å²) in [6.07, 6.45) is 4.13. The van der Waals surface area contributed by atoms with Gasteiger partial charge in [0, 0.05) is 11.8 Å². The van der Waals surface area contributed by atoms with E-state index < -0.39 is 16.3 Å². The Labute approximate surface area is 216 Å². The lowest BCUT2D eigenvalue weighted by molar-refractivity contribution is -0.167. The maximum Gasteiger partial charge on any atom is 0.317 e. The van der Waals surface area contributed by atoms with Crippen LogP contribution in [0, 0.1) is 43.9 Å². The third-order valence-corrected chi connectivity index (χ3v) is 10.7. The Morgan fingerprint density at radius 3 is 1.86 bits per heavy atom. The Balaban J connectivity index is 1.39. The van der Waals surface area contributed by atoms with Crippen LogP contribution in [0.15, 0.2) is 81.4 Å². The molecule has 3 aromatic rings. The minimum Gasteiger partial charge on any atom is -0.421 e. The molecule has 4 bridgehead atoms. The molecule has 36 heavy (non-hydrogen) atoms. The van der Waals surface area contributed by atoms with Gasteiger partial charge in [0.2, 0.25) is 4.90 Å². The van der Waals surface area contributed by atoms with Crippen LogP contribution in [-0.4, -0.2) is 11.8 Å². The van der Waals surface area contributed by atoms with Crippen molar-refractivity contribution in [2.45, 2.75) is 67.6 Å². The van der Waals surface area contributed by atoms with Gasteiger partial charge in [-0.05, 0) is 101 Å². The smallest absolute Gasteiger partial charge is 0.317 e. The zero-order chi connectivity index (χ0) is 25.0. The second-order valence-electron chi connectivity index (χ2n) is 11.3. The van der Waals surface area contributed by atoms with Crippen molar-refractivity contribution in [3.8, 4) is 5.75 Å². The summed E-state index contributed by atoms with van der Waals surface area (Å²) in [5.41, 5.74) is 3.01. The number of esters is 1. The molecule has 0 aromatic heterocycles. The Kier molecular flexibility index (Phi) is 5.83. The van der Waals surface area contributed by atoms with Gasteiger partial charge in [-0.25, -0.2) is 0 Å². The fourth-order valence-corrected chi connectivity index (χ4v) is 8.91. The molecule has 0 radical (unpaired) electrons. The molecule has 3 nitrogen and oxygen atoms in total. The van der Waals surface area contributed by atoms with Crippen molar-refractivity contribution < 1.29 is 14.3 Å². The van der Waals surface area contributed by atoms with Gasteiger partial charge in [-0.3, -0.25) is 9.59 Å². The van der Waals surface area contributed by atoms with E-state index in [4.69, 9.17) is 4.74 Å². The predicted molar refractivity (Wildman–Crippen MR) is 142 cm³/mol. The van der Waals surface area contributed by atoms with Gasteiger partial charge >= 0.3 is 5.97 Å². The molecule has 0 aliphatic heterocycles. The Hall–Kier alpha value is -2.85. The number of aryl methyl sites for hydroxylation is 3. The number of hydrogen-bond acceptors (Lipinski definition) is 3. The second-order valence-corrected chi connectivity index (χ2v) is 13.3. The molecule has 4 fully saturated rings. The quantitative estimate of drug-likeness (QED) is 0.216. The minimum absolute atomic E-state index is 0.0514. The summed E-state index contributed by atoms with van der Waals surface area (Å²) < 4.78 is 6.37. The van der Waals surface area contributed by atoms with E-state index in [0.717, 1.165) is 29.7 Å². The molecule has 7 rings (SSSR count). The lowest BCUT2D eigenvalue weighted by atomic mass is 9.49. The average molecular weight is 498 g/mol. The molecule has 2 atom stereocenters. The van der Waals surface area contributed by atoms with Crippen molar-refractivity contribution in [1.82, 2.24) is 0 Å². The summed E-state index contributed by atoms with van der Waals surface area (Å²) in [5.74, 6) is 1.51. The molecule has 0 heterocycles. The molecule has 2 unspecified atom stereocenters. The molecular formula is C32H33O3S+. The van der Waals surface area contributed by atoms with Crippen molar-refractivity contribution in [2.75, 3.05) is 0 Å². The topological polar surface area (TPSA) is 43.4 Å². The Morgan fingerprint density at radius 2 is 1.31 bits per heavy atom. The van der Waals surface area contributed by atoms with Crippen LogP contribution in [0.5, 0.6) is 5.75 Å². The van der Waals surface area contributed by atoms with E-state index >= 15 is 0 Å². The van der Waals surface area contributed by atoms with Crippen LogP contribution in [0.4, 0.5) is 0 Å². The van der Waals surface area contributed by atoms with E-state index in [0.29, 0.717) is 30.3 Å². The van der Waals surface area contributed by atoms with E-state index in [1.54, 1.807) is 0 Å². The van der Waals surface area contributed by atoms with Crippen LogP contribution in [0.2, 0.25) is 0 Å². The van der Waals surface area contributed by atoms with Crippen LogP contribution in [0.1, 0.15) is 48.8 Å². The van der Waals surface area contributed by atoms with Gasteiger partial charge in [-0.2, -0.15) is 0 Å². The van der Waals surface area contributed by atoms with Gasteiger partial charge in [-0.1, -0.05) is 41.5 Å². The van der Waals surface area contributed by atoms with Gasteiger partial charge in [-0.15, -0.1) is 0 Å². The van der Waals surface area contributed by atoms with Crippen LogP contribution < -0.4 is 4.74 Å². The third-order valence-electron chi connectivity index (χ3n) is 8.46. The fourth-order valence-electron chi connectivity index (χ4n) is 6.81. The number of ketones is 1. The molecule has 0 spiro atoms. The Bertz CT molecular complexity index is 1260. The fraction of sp³-hybridized carbons (Fsp3) is 0.375. The highest BCUT2D eigenvalue weighted by atomic mass is 32.2. The van der Waals surface area contributed by atoms with Crippen molar-refractivity contribution in [2.24, 2.45) is 23.2 Å². The summed E-state index contributed by atoms with van der Waals surface area (Å²) >= 11 is 0. The monoisotopic (exact) mass is 497 g/mol. The number of ether oxygens (including phenoxy) is 1. The molecule has 4 heteroatoms. The molecule has 0 amide bonds. The van der Waals surface area contributed by atoms with E-state index in [2.05, 4.69) is 74.5 Å². The predicted octanol–water partition coefficient (Wildman–Crippen LogP) is 7.01. The zero-order valence-corrected chi connectivity index (χ0v) is 22.1. The average Bonchev–Trinajstić information content (AvgIpc) is 2.85. The van der Waals surface area contributed by atoms with Gasteiger partial charge in [0.15, 0.2) is 15.5 Å². The molecule has 4 aliphatic rings. The number of rotatable bonds is 5. The Morgan fingerprint density at radius 1 is 0.778 bits per heavy atom. The molecule has 3 aromatic carbocycles. The maximum atomic E-state index is 13.9. The van der Waals surface area contributed by atoms with Gasteiger partial charge in [0.25, 0.3) is 0 Å². The summed E-state index contributed by atoms with van der Waals surface area (Å²) in [5, 5.41) is 0. The summed E-state index contributed by atoms with van der Waals surface area (Å²) in [6.45, 7) is 6.24. The van der Waals surface area contributed by atoms with Crippen molar-refractivity contribution >= 4 is 22.6 Å². The molecule has 4 aliphatic carbocycles. The largest absolute Gasteiger partial charge is 0.421 e. The normalized spacial score (nSPS) is 26.4. The van der Waals surface area contributed by atoms with Crippen molar-refractivity contribution in [3.05, 3.63) is 83.4 Å². The second kappa shape index (κ2) is 8.92. The summed E-state index contributed by atoms with van der Waals surface area (Å²) in [6, 6.07) is 23.6. The summed E-state index contributed by atoms with van der Waals surface area (Å²) in [7, 11) is -0.416. The number of carbonyl (C=O) groups is 2. The van der Waals surface area contributed by atoms with Crippen LogP contribution in [0.25, 0.3) is 0 Å². The lowest BCUT2D eigenvalue weighted by Gasteiger charge is -2.53. The minimum atomic E-state index is -0.502. The van der Waals surface area contributed by atoms with E-state index in [1.807, 2.05) is 13.0 Å². The van der Waals surface area contributed by atoms with Crippen LogP contribution in [-0.2, 0) is 20.5 Å². The number of Topliss-reactive ketones (excluding diaryl/α,β-unsaturated/α-hetero) is 1. The van der Waals surface area contributed by atoms with E-state index in [-0.39, 0.29) is 17.8 Å². The third kappa shape index (κ3) is 4.10. The molecular weight excluding hydrogens is 464 g/mol. The first-order chi connectivity index (χ1) is 17.3. The first kappa shape index (κ1) is 23.5. The first-order valence-corrected chi connectivity index (χ1v) is 14.3. The lowest BCUT2D eigenvalue weighted by Crippen LogP contribution is -2.55. The molecule has 184 valence electrons. The summed E-state index contributed by atoms with van der Waals surface area (Å²) in [4.78, 5) is 30.0. The highest BCUT2D eigenvalue weighted by molar-refractivity contribution is 7.97. The van der Waals surface area contributed by atoms with E-state index in [1.165, 1.54) is 20.9 Å². The van der Waals surface area contributed by atoms with Gasteiger partial charge in [0.05, 0.1) is 5.41 Å². The zero-order valence-electron chi connectivity index (χ0n) is 21.3. The van der Waals surface area contributed by atoms with E-state index in [9.17, 15) is 9.59 Å². The standard InChI is InChI=1S/C32H33O3S/c1-20-4-9-26(10-5-20)36(27-11-6-21(2)7-12-27)29-13-8-22(3)14-28(29)35-31(34)32-17-23-15-24(18-32)30(33)25(16-23)19-32/h4-14,23-25H,15-19H2,1-3H3/q+1. The van der Waals surface area contributed by atoms with Gasteiger partial charge < -0.3 is 4.74 Å². The van der Waals surface area contributed by atoms with Crippen LogP contribution in [0.3, 0.4) is 0 Å². The molecule has 4 saturated carbocycles. The molecule has 0 saturated heterocycles.